The molecule has 0 aromatic heterocycles. The molecule has 0 heterocycles. The molecule has 0 aliphatic heterocycles. The smallest absolute Gasteiger partial charge is 0.127 e. The van der Waals surface area contributed by atoms with E-state index in [1.54, 1.807) is 0 Å². The number of hydrogen-bond donors (Lipinski definition) is 0. The van der Waals surface area contributed by atoms with Crippen LogP contribution in [0.1, 0.15) is 19.4 Å². The minimum atomic E-state index is -0.259. The molecule has 0 unspecified atom stereocenters. The quantitative estimate of drug-likeness (QED) is 0.658. The lowest BCUT2D eigenvalue weighted by Crippen LogP contribution is -1.92. The highest BCUT2D eigenvalue weighted by molar-refractivity contribution is 5.36. The van der Waals surface area contributed by atoms with E-state index < -0.39 is 0 Å². The van der Waals surface area contributed by atoms with Crippen molar-refractivity contribution in [1.82, 2.24) is 0 Å². The van der Waals surface area contributed by atoms with E-state index in [-0.39, 0.29) is 5.82 Å². The van der Waals surface area contributed by atoms with Gasteiger partial charge in [-0.05, 0) is 23.6 Å². The van der Waals surface area contributed by atoms with Crippen molar-refractivity contribution in [2.75, 3.05) is 7.11 Å². The molecule has 1 rings (SSSR count). The Labute approximate surface area is 72.2 Å². The third kappa shape index (κ3) is 1.97. The minimum absolute atomic E-state index is 0.259. The number of rotatable bonds is 2. The Morgan fingerprint density at radius 3 is 2.42 bits per heavy atom. The average Bonchev–Trinajstić information content (AvgIpc) is 2.03. The second kappa shape index (κ2) is 3.57. The molecule has 65 valence electrons. The Hall–Kier alpha value is -1.05. The van der Waals surface area contributed by atoms with Gasteiger partial charge in [-0.15, -0.1) is 0 Å². The van der Waals surface area contributed by atoms with Crippen molar-refractivity contribution in [3.63, 3.8) is 0 Å². The van der Waals surface area contributed by atoms with Gasteiger partial charge < -0.3 is 4.74 Å². The molecular formula is C10H12FO. The monoisotopic (exact) mass is 167 g/mol. The lowest BCUT2D eigenvalue weighted by atomic mass is 10.0. The van der Waals surface area contributed by atoms with Gasteiger partial charge in [0, 0.05) is 6.07 Å². The molecule has 0 fully saturated rings. The molecule has 1 aromatic rings. The summed E-state index contributed by atoms with van der Waals surface area (Å²) in [5.41, 5.74) is 0.881. The molecule has 0 amide bonds. The van der Waals surface area contributed by atoms with Crippen LogP contribution in [-0.4, -0.2) is 7.11 Å². The van der Waals surface area contributed by atoms with Crippen LogP contribution in [0.4, 0.5) is 4.39 Å². The van der Waals surface area contributed by atoms with Crippen LogP contribution < -0.4 is 4.74 Å². The van der Waals surface area contributed by atoms with E-state index in [1.807, 2.05) is 19.9 Å². The normalized spacial score (nSPS) is 10.4. The minimum Gasteiger partial charge on any atom is -0.497 e. The Morgan fingerprint density at radius 2 is 1.92 bits per heavy atom. The van der Waals surface area contributed by atoms with Gasteiger partial charge in [-0.3, -0.25) is 0 Å². The van der Waals surface area contributed by atoms with Crippen LogP contribution in [0.2, 0.25) is 0 Å². The molecule has 1 radical (unpaired) electrons. The van der Waals surface area contributed by atoms with Gasteiger partial charge in [0.25, 0.3) is 0 Å². The van der Waals surface area contributed by atoms with Crippen LogP contribution in [0.25, 0.3) is 0 Å². The summed E-state index contributed by atoms with van der Waals surface area (Å²) in [5.74, 6) is 1.38. The van der Waals surface area contributed by atoms with Crippen molar-refractivity contribution < 1.29 is 9.13 Å². The molecule has 0 N–H and O–H groups in total. The second-order valence-corrected chi connectivity index (χ2v) is 2.88. The molecule has 1 aromatic carbocycles. The van der Waals surface area contributed by atoms with Gasteiger partial charge in [0.2, 0.25) is 0 Å². The summed E-state index contributed by atoms with van der Waals surface area (Å²) < 4.78 is 17.8. The van der Waals surface area contributed by atoms with Crippen molar-refractivity contribution in [1.29, 1.82) is 0 Å². The van der Waals surface area contributed by atoms with E-state index in [2.05, 4.69) is 0 Å². The van der Waals surface area contributed by atoms with Crippen molar-refractivity contribution in [2.45, 2.75) is 13.8 Å². The highest BCUT2D eigenvalue weighted by atomic mass is 19.1. The number of ether oxygens (including phenoxy) is 1. The van der Waals surface area contributed by atoms with Crippen LogP contribution in [0.3, 0.4) is 0 Å². The SMILES string of the molecule is COc1cc(F)cc([C](C)C)c1. The first-order valence-electron chi connectivity index (χ1n) is 3.78. The lowest BCUT2D eigenvalue weighted by molar-refractivity contribution is 0.411. The van der Waals surface area contributed by atoms with Gasteiger partial charge in [0.05, 0.1) is 7.11 Å². The van der Waals surface area contributed by atoms with E-state index in [0.717, 1.165) is 11.5 Å². The molecule has 0 saturated carbocycles. The van der Waals surface area contributed by atoms with Crippen LogP contribution in [0.15, 0.2) is 18.2 Å². The first-order chi connectivity index (χ1) is 5.63. The van der Waals surface area contributed by atoms with E-state index in [0.29, 0.717) is 5.75 Å². The maximum absolute atomic E-state index is 12.9. The predicted molar refractivity (Wildman–Crippen MR) is 46.6 cm³/mol. The summed E-state index contributed by atoms with van der Waals surface area (Å²) in [7, 11) is 1.53. The van der Waals surface area contributed by atoms with Crippen LogP contribution in [0, 0.1) is 11.7 Å². The van der Waals surface area contributed by atoms with Crippen molar-refractivity contribution in [3.8, 4) is 5.75 Å². The molecule has 0 saturated heterocycles. The fourth-order valence-electron chi connectivity index (χ4n) is 0.969. The van der Waals surface area contributed by atoms with Crippen LogP contribution in [-0.2, 0) is 0 Å². The highest BCUT2D eigenvalue weighted by Crippen LogP contribution is 2.21. The Morgan fingerprint density at radius 1 is 1.25 bits per heavy atom. The molecule has 0 aliphatic rings. The molecule has 0 atom stereocenters. The Kier molecular flexibility index (Phi) is 2.69. The lowest BCUT2D eigenvalue weighted by Gasteiger charge is -2.07. The summed E-state index contributed by atoms with van der Waals surface area (Å²) in [5, 5.41) is 0. The summed E-state index contributed by atoms with van der Waals surface area (Å²) in [4.78, 5) is 0. The zero-order chi connectivity index (χ0) is 9.14. The number of benzene rings is 1. The van der Waals surface area contributed by atoms with Crippen molar-refractivity contribution in [3.05, 3.63) is 35.5 Å². The molecular weight excluding hydrogens is 155 g/mol. The topological polar surface area (TPSA) is 9.23 Å². The third-order valence-corrected chi connectivity index (χ3v) is 1.68. The first-order valence-corrected chi connectivity index (χ1v) is 3.78. The van der Waals surface area contributed by atoms with Gasteiger partial charge in [-0.25, -0.2) is 4.39 Å². The van der Waals surface area contributed by atoms with Crippen molar-refractivity contribution >= 4 is 0 Å². The van der Waals surface area contributed by atoms with Gasteiger partial charge in [0.1, 0.15) is 11.6 Å². The number of halogens is 1. The van der Waals surface area contributed by atoms with Crippen LogP contribution in [0.5, 0.6) is 5.75 Å². The second-order valence-electron chi connectivity index (χ2n) is 2.88. The molecule has 0 bridgehead atoms. The fraction of sp³-hybridized carbons (Fsp3) is 0.300. The Balaban J connectivity index is 3.06. The molecule has 12 heavy (non-hydrogen) atoms. The Bertz CT molecular complexity index is 269. The van der Waals surface area contributed by atoms with Crippen LogP contribution >= 0.6 is 0 Å². The summed E-state index contributed by atoms with van der Waals surface area (Å²) in [6.45, 7) is 3.88. The van der Waals surface area contributed by atoms with E-state index in [9.17, 15) is 4.39 Å². The molecule has 2 heteroatoms. The third-order valence-electron chi connectivity index (χ3n) is 1.68. The summed E-state index contributed by atoms with van der Waals surface area (Å²) >= 11 is 0. The van der Waals surface area contributed by atoms with Gasteiger partial charge in [0.15, 0.2) is 0 Å². The fourth-order valence-corrected chi connectivity index (χ4v) is 0.969. The largest absolute Gasteiger partial charge is 0.497 e. The van der Waals surface area contributed by atoms with E-state index in [1.165, 1.54) is 19.2 Å². The van der Waals surface area contributed by atoms with E-state index >= 15 is 0 Å². The number of hydrogen-bond acceptors (Lipinski definition) is 1. The average molecular weight is 167 g/mol. The summed E-state index contributed by atoms with van der Waals surface area (Å²) in [6.07, 6.45) is 0. The zero-order valence-electron chi connectivity index (χ0n) is 7.52. The molecule has 1 nitrogen and oxygen atoms in total. The maximum atomic E-state index is 12.9. The van der Waals surface area contributed by atoms with Gasteiger partial charge in [-0.2, -0.15) is 0 Å². The highest BCUT2D eigenvalue weighted by Gasteiger charge is 2.04. The van der Waals surface area contributed by atoms with Crippen molar-refractivity contribution in [2.24, 2.45) is 0 Å². The predicted octanol–water partition coefficient (Wildman–Crippen LogP) is 2.80. The van der Waals surface area contributed by atoms with Gasteiger partial charge >= 0.3 is 0 Å². The first kappa shape index (κ1) is 9.04. The zero-order valence-corrected chi connectivity index (χ0v) is 7.52. The maximum Gasteiger partial charge on any atom is 0.127 e. The summed E-state index contributed by atoms with van der Waals surface area (Å²) in [6, 6.07) is 4.68. The number of methoxy groups -OCH3 is 1. The van der Waals surface area contributed by atoms with E-state index in [4.69, 9.17) is 4.74 Å². The molecule has 0 spiro atoms. The standard InChI is InChI=1S/C10H12FO/c1-7(2)8-4-9(11)6-10(5-8)12-3/h4-6H,1-3H3. The molecule has 0 aliphatic carbocycles. The van der Waals surface area contributed by atoms with Gasteiger partial charge in [-0.1, -0.05) is 13.8 Å².